The lowest BCUT2D eigenvalue weighted by Gasteiger charge is -2.32. The van der Waals surface area contributed by atoms with Crippen molar-refractivity contribution in [1.82, 2.24) is 10.2 Å². The van der Waals surface area contributed by atoms with E-state index < -0.39 is 6.23 Å². The van der Waals surface area contributed by atoms with Crippen LogP contribution in [0.4, 0.5) is 0 Å². The zero-order valence-electron chi connectivity index (χ0n) is 9.60. The molecule has 4 heteroatoms. The van der Waals surface area contributed by atoms with Gasteiger partial charge in [-0.25, -0.2) is 0 Å². The van der Waals surface area contributed by atoms with Gasteiger partial charge in [-0.1, -0.05) is 24.3 Å². The molecule has 1 saturated heterocycles. The van der Waals surface area contributed by atoms with E-state index in [4.69, 9.17) is 0 Å². The fourth-order valence-electron chi connectivity index (χ4n) is 2.74. The molecule has 2 atom stereocenters. The molecule has 0 aromatic heterocycles. The number of nitrogens with one attached hydrogen (secondary N) is 1. The Hall–Kier alpha value is -1.39. The molecule has 1 aromatic carbocycles. The van der Waals surface area contributed by atoms with Crippen LogP contribution in [0.25, 0.3) is 0 Å². The Kier molecular flexibility index (Phi) is 2.61. The summed E-state index contributed by atoms with van der Waals surface area (Å²) in [6, 6.07) is 7.65. The number of nitrogens with zero attached hydrogens (tertiary/aromatic N) is 1. The molecule has 2 heterocycles. The van der Waals surface area contributed by atoms with Crippen molar-refractivity contribution >= 4 is 5.91 Å². The summed E-state index contributed by atoms with van der Waals surface area (Å²) in [6.07, 6.45) is 1.17. The first-order valence-corrected chi connectivity index (χ1v) is 6.07. The Bertz CT molecular complexity index is 447. The van der Waals surface area contributed by atoms with Crippen molar-refractivity contribution in [1.29, 1.82) is 0 Å². The Morgan fingerprint density at radius 1 is 1.35 bits per heavy atom. The van der Waals surface area contributed by atoms with E-state index in [9.17, 15) is 9.90 Å². The maximum Gasteiger partial charge on any atom is 0.237 e. The number of fused-ring (bicyclic) bond motifs is 1. The number of aliphatic hydroxyl groups excluding tert-OH is 1. The zero-order chi connectivity index (χ0) is 11.8. The number of hydrogen-bond donors (Lipinski definition) is 2. The molecule has 0 bridgehead atoms. The third-order valence-electron chi connectivity index (χ3n) is 3.66. The van der Waals surface area contributed by atoms with Crippen LogP contribution in [0.5, 0.6) is 0 Å². The van der Waals surface area contributed by atoms with Crippen LogP contribution < -0.4 is 5.32 Å². The number of aliphatic hydroxyl groups is 1. The SMILES string of the molecule is O=C1NCCCC1N1Cc2ccccc2C1O. The number of carbonyl (C=O) groups excluding carboxylic acids is 1. The summed E-state index contributed by atoms with van der Waals surface area (Å²) in [6.45, 7) is 1.42. The molecule has 2 aliphatic rings. The van der Waals surface area contributed by atoms with Gasteiger partial charge in [-0.05, 0) is 24.0 Å². The van der Waals surface area contributed by atoms with Gasteiger partial charge in [-0.15, -0.1) is 0 Å². The third-order valence-corrected chi connectivity index (χ3v) is 3.66. The van der Waals surface area contributed by atoms with Crippen molar-refractivity contribution in [3.63, 3.8) is 0 Å². The molecule has 17 heavy (non-hydrogen) atoms. The van der Waals surface area contributed by atoms with Crippen molar-refractivity contribution in [2.75, 3.05) is 6.54 Å². The number of piperidine rings is 1. The predicted molar refractivity (Wildman–Crippen MR) is 63.0 cm³/mol. The Morgan fingerprint density at radius 3 is 2.94 bits per heavy atom. The average molecular weight is 232 g/mol. The lowest BCUT2D eigenvalue weighted by atomic mass is 10.1. The first kappa shape index (κ1) is 10.7. The smallest absolute Gasteiger partial charge is 0.237 e. The minimum Gasteiger partial charge on any atom is -0.374 e. The van der Waals surface area contributed by atoms with E-state index in [1.807, 2.05) is 29.2 Å². The summed E-state index contributed by atoms with van der Waals surface area (Å²) in [5.41, 5.74) is 2.06. The fraction of sp³-hybridized carbons (Fsp3) is 0.462. The molecule has 0 spiro atoms. The molecule has 1 amide bonds. The van der Waals surface area contributed by atoms with Crippen molar-refractivity contribution in [3.8, 4) is 0 Å². The summed E-state index contributed by atoms with van der Waals surface area (Å²) in [5, 5.41) is 13.1. The number of carbonyl (C=O) groups is 1. The minimum absolute atomic E-state index is 0.0445. The lowest BCUT2D eigenvalue weighted by molar-refractivity contribution is -0.133. The maximum atomic E-state index is 11.8. The monoisotopic (exact) mass is 232 g/mol. The van der Waals surface area contributed by atoms with E-state index in [-0.39, 0.29) is 11.9 Å². The number of hydrogen-bond acceptors (Lipinski definition) is 3. The fourth-order valence-corrected chi connectivity index (χ4v) is 2.74. The molecule has 2 N–H and O–H groups in total. The van der Waals surface area contributed by atoms with Gasteiger partial charge in [0.1, 0.15) is 6.23 Å². The molecule has 0 radical (unpaired) electrons. The topological polar surface area (TPSA) is 52.6 Å². The average Bonchev–Trinajstić information content (AvgIpc) is 2.68. The normalized spacial score (nSPS) is 28.9. The first-order chi connectivity index (χ1) is 8.27. The molecule has 3 rings (SSSR count). The molecule has 90 valence electrons. The van der Waals surface area contributed by atoms with E-state index in [2.05, 4.69) is 5.32 Å². The molecular formula is C13H16N2O2. The van der Waals surface area contributed by atoms with Gasteiger partial charge in [0.25, 0.3) is 0 Å². The Balaban J connectivity index is 1.85. The number of benzene rings is 1. The molecule has 2 aliphatic heterocycles. The van der Waals surface area contributed by atoms with Gasteiger partial charge in [0.15, 0.2) is 0 Å². The van der Waals surface area contributed by atoms with Crippen LogP contribution >= 0.6 is 0 Å². The standard InChI is InChI=1S/C13H16N2O2/c16-12-11(6-3-7-14-12)15-8-9-4-1-2-5-10(9)13(15)17/h1-2,4-5,11,13,17H,3,6-8H2,(H,14,16). The third kappa shape index (κ3) is 1.73. The lowest BCUT2D eigenvalue weighted by Crippen LogP contribution is -2.49. The number of amides is 1. The highest BCUT2D eigenvalue weighted by Gasteiger charge is 2.37. The van der Waals surface area contributed by atoms with Gasteiger partial charge in [-0.2, -0.15) is 0 Å². The van der Waals surface area contributed by atoms with Crippen LogP contribution in [-0.4, -0.2) is 28.5 Å². The second-order valence-electron chi connectivity index (χ2n) is 4.69. The quantitative estimate of drug-likeness (QED) is 0.752. The second-order valence-corrected chi connectivity index (χ2v) is 4.69. The van der Waals surface area contributed by atoms with Gasteiger partial charge in [-0.3, -0.25) is 9.69 Å². The highest BCUT2D eigenvalue weighted by molar-refractivity contribution is 5.82. The predicted octanol–water partition coefficient (Wildman–Crippen LogP) is 0.772. The summed E-state index contributed by atoms with van der Waals surface area (Å²) < 4.78 is 0. The molecular weight excluding hydrogens is 216 g/mol. The Morgan fingerprint density at radius 2 is 2.18 bits per heavy atom. The highest BCUT2D eigenvalue weighted by Crippen LogP contribution is 2.34. The molecule has 2 unspecified atom stereocenters. The molecule has 1 fully saturated rings. The molecule has 4 nitrogen and oxygen atoms in total. The minimum atomic E-state index is -0.639. The zero-order valence-corrected chi connectivity index (χ0v) is 9.60. The Labute approximate surface area is 100 Å². The van der Waals surface area contributed by atoms with Crippen LogP contribution in [-0.2, 0) is 11.3 Å². The van der Waals surface area contributed by atoms with Crippen LogP contribution in [0.1, 0.15) is 30.2 Å². The number of rotatable bonds is 1. The van der Waals surface area contributed by atoms with Crippen LogP contribution in [0, 0.1) is 0 Å². The van der Waals surface area contributed by atoms with E-state index in [0.29, 0.717) is 6.54 Å². The summed E-state index contributed by atoms with van der Waals surface area (Å²) in [5.74, 6) is 0.0445. The first-order valence-electron chi connectivity index (χ1n) is 6.07. The van der Waals surface area contributed by atoms with Gasteiger partial charge < -0.3 is 10.4 Å². The largest absolute Gasteiger partial charge is 0.374 e. The summed E-state index contributed by atoms with van der Waals surface area (Å²) in [4.78, 5) is 13.7. The maximum absolute atomic E-state index is 11.8. The van der Waals surface area contributed by atoms with E-state index in [1.165, 1.54) is 0 Å². The van der Waals surface area contributed by atoms with Gasteiger partial charge in [0.2, 0.25) is 5.91 Å². The second kappa shape index (κ2) is 4.13. The van der Waals surface area contributed by atoms with Crippen molar-refractivity contribution in [2.24, 2.45) is 0 Å². The van der Waals surface area contributed by atoms with Crippen molar-refractivity contribution < 1.29 is 9.90 Å². The molecule has 0 saturated carbocycles. The van der Waals surface area contributed by atoms with E-state index >= 15 is 0 Å². The van der Waals surface area contributed by atoms with Crippen LogP contribution in [0.15, 0.2) is 24.3 Å². The van der Waals surface area contributed by atoms with Crippen molar-refractivity contribution in [2.45, 2.75) is 31.7 Å². The van der Waals surface area contributed by atoms with Gasteiger partial charge in [0, 0.05) is 13.1 Å². The van der Waals surface area contributed by atoms with E-state index in [1.54, 1.807) is 0 Å². The molecule has 0 aliphatic carbocycles. The summed E-state index contributed by atoms with van der Waals surface area (Å²) in [7, 11) is 0. The van der Waals surface area contributed by atoms with E-state index in [0.717, 1.165) is 30.5 Å². The van der Waals surface area contributed by atoms with Crippen LogP contribution in [0.2, 0.25) is 0 Å². The van der Waals surface area contributed by atoms with Crippen molar-refractivity contribution in [3.05, 3.63) is 35.4 Å². The summed E-state index contributed by atoms with van der Waals surface area (Å²) >= 11 is 0. The van der Waals surface area contributed by atoms with Crippen LogP contribution in [0.3, 0.4) is 0 Å². The van der Waals surface area contributed by atoms with Gasteiger partial charge >= 0.3 is 0 Å². The molecule has 1 aromatic rings. The van der Waals surface area contributed by atoms with Gasteiger partial charge in [0.05, 0.1) is 6.04 Å². The highest BCUT2D eigenvalue weighted by atomic mass is 16.3.